The predicted molar refractivity (Wildman–Crippen MR) is 71.4 cm³/mol. The second-order valence-electron chi connectivity index (χ2n) is 4.36. The van der Waals surface area contributed by atoms with Crippen LogP contribution in [0.3, 0.4) is 0 Å². The molecule has 0 bridgehead atoms. The van der Waals surface area contributed by atoms with Crippen LogP contribution in [0.15, 0.2) is 18.2 Å². The normalized spacial score (nSPS) is 12.1. The summed E-state index contributed by atoms with van der Waals surface area (Å²) < 4.78 is 29.2. The van der Waals surface area contributed by atoms with Gasteiger partial charge >= 0.3 is 6.03 Å². The third kappa shape index (κ3) is 5.40. The fraction of sp³-hybridized carbons (Fsp3) is 0.462. The molecule has 1 aromatic rings. The highest BCUT2D eigenvalue weighted by atomic mass is 19.3. The second-order valence-corrected chi connectivity index (χ2v) is 4.36. The molecule has 3 N–H and O–H groups in total. The molecule has 0 radical (unpaired) electrons. The quantitative estimate of drug-likeness (QED) is 0.751. The van der Waals surface area contributed by atoms with Gasteiger partial charge < -0.3 is 20.5 Å². The monoisotopic (exact) mass is 288 g/mol. The zero-order chi connectivity index (χ0) is 15.1. The Hall–Kier alpha value is -1.89. The van der Waals surface area contributed by atoms with Crippen LogP contribution in [0.4, 0.5) is 19.3 Å². The third-order valence-corrected chi connectivity index (χ3v) is 2.46. The molecule has 0 aromatic heterocycles. The average Bonchev–Trinajstić information content (AvgIpc) is 2.38. The van der Waals surface area contributed by atoms with E-state index in [0.29, 0.717) is 17.0 Å². The summed E-state index contributed by atoms with van der Waals surface area (Å²) >= 11 is 0. The fourth-order valence-electron chi connectivity index (χ4n) is 1.42. The molecule has 0 spiro atoms. The van der Waals surface area contributed by atoms with E-state index in [1.807, 2.05) is 0 Å². The first-order chi connectivity index (χ1) is 9.42. The largest absolute Gasteiger partial charge is 0.487 e. The predicted octanol–water partition coefficient (Wildman–Crippen LogP) is 2.14. The second kappa shape index (κ2) is 7.64. The standard InChI is InChI=1S/C13H18F2N2O3/c1-8-3-4-10(5-11(8)20-7-12(14)15)17-13(19)16-9(2)6-18/h3-5,9,12,18H,6-7H2,1-2H3,(H2,16,17,19). The van der Waals surface area contributed by atoms with Gasteiger partial charge in [-0.1, -0.05) is 6.07 Å². The first-order valence-electron chi connectivity index (χ1n) is 6.12. The van der Waals surface area contributed by atoms with Crippen LogP contribution in [0.5, 0.6) is 5.75 Å². The van der Waals surface area contributed by atoms with Gasteiger partial charge in [0.2, 0.25) is 0 Å². The van der Waals surface area contributed by atoms with Crippen LogP contribution in [0.1, 0.15) is 12.5 Å². The van der Waals surface area contributed by atoms with Crippen molar-refractivity contribution in [2.75, 3.05) is 18.5 Å². The molecule has 7 heteroatoms. The smallest absolute Gasteiger partial charge is 0.319 e. The number of amides is 2. The van der Waals surface area contributed by atoms with E-state index >= 15 is 0 Å². The molecule has 0 saturated carbocycles. The first kappa shape index (κ1) is 16.2. The van der Waals surface area contributed by atoms with Crippen LogP contribution in [-0.2, 0) is 0 Å². The number of alkyl halides is 2. The lowest BCUT2D eigenvalue weighted by atomic mass is 10.2. The van der Waals surface area contributed by atoms with Gasteiger partial charge in [0.05, 0.1) is 12.6 Å². The lowest BCUT2D eigenvalue weighted by Gasteiger charge is -2.14. The van der Waals surface area contributed by atoms with E-state index in [4.69, 9.17) is 9.84 Å². The number of hydrogen-bond donors (Lipinski definition) is 3. The summed E-state index contributed by atoms with van der Waals surface area (Å²) in [6, 6.07) is 3.89. The summed E-state index contributed by atoms with van der Waals surface area (Å²) in [6.45, 7) is 2.49. The van der Waals surface area contributed by atoms with Crippen molar-refractivity contribution in [3.8, 4) is 5.75 Å². The number of aliphatic hydroxyl groups excluding tert-OH is 1. The molecule has 2 amide bonds. The summed E-state index contributed by atoms with van der Waals surface area (Å²) in [5, 5.41) is 13.9. The molecule has 0 aliphatic heterocycles. The van der Waals surface area contributed by atoms with Crippen molar-refractivity contribution in [2.24, 2.45) is 0 Å². The van der Waals surface area contributed by atoms with Gasteiger partial charge in [-0.3, -0.25) is 0 Å². The van der Waals surface area contributed by atoms with Crippen LogP contribution in [0.2, 0.25) is 0 Å². The fourth-order valence-corrected chi connectivity index (χ4v) is 1.42. The highest BCUT2D eigenvalue weighted by Crippen LogP contribution is 2.23. The molecule has 1 aromatic carbocycles. The van der Waals surface area contributed by atoms with Gasteiger partial charge in [-0.25, -0.2) is 13.6 Å². The van der Waals surface area contributed by atoms with E-state index < -0.39 is 19.1 Å². The molecule has 0 aliphatic rings. The molecule has 0 aliphatic carbocycles. The van der Waals surface area contributed by atoms with Gasteiger partial charge in [-0.2, -0.15) is 0 Å². The minimum atomic E-state index is -2.56. The van der Waals surface area contributed by atoms with Crippen molar-refractivity contribution in [1.29, 1.82) is 0 Å². The summed E-state index contributed by atoms with van der Waals surface area (Å²) in [6.07, 6.45) is -2.56. The first-order valence-corrected chi connectivity index (χ1v) is 6.12. The Kier molecular flexibility index (Phi) is 6.17. The lowest BCUT2D eigenvalue weighted by molar-refractivity contribution is 0.0816. The summed E-state index contributed by atoms with van der Waals surface area (Å²) in [7, 11) is 0. The van der Waals surface area contributed by atoms with Gasteiger partial charge in [0.15, 0.2) is 0 Å². The number of ether oxygens (including phenoxy) is 1. The van der Waals surface area contributed by atoms with Crippen LogP contribution in [0.25, 0.3) is 0 Å². The zero-order valence-electron chi connectivity index (χ0n) is 11.3. The molecule has 0 saturated heterocycles. The molecular formula is C13H18F2N2O3. The molecular weight excluding hydrogens is 270 g/mol. The maximum atomic E-state index is 12.1. The molecule has 0 fully saturated rings. The maximum Gasteiger partial charge on any atom is 0.319 e. The van der Waals surface area contributed by atoms with Crippen LogP contribution < -0.4 is 15.4 Å². The van der Waals surface area contributed by atoms with Crippen molar-refractivity contribution in [3.63, 3.8) is 0 Å². The molecule has 112 valence electrons. The highest BCUT2D eigenvalue weighted by molar-refractivity contribution is 5.89. The lowest BCUT2D eigenvalue weighted by Crippen LogP contribution is -2.38. The van der Waals surface area contributed by atoms with Crippen LogP contribution >= 0.6 is 0 Å². The van der Waals surface area contributed by atoms with E-state index in [1.165, 1.54) is 6.07 Å². The SMILES string of the molecule is Cc1ccc(NC(=O)NC(C)CO)cc1OCC(F)F. The molecule has 20 heavy (non-hydrogen) atoms. The maximum absolute atomic E-state index is 12.1. The number of rotatable bonds is 6. The van der Waals surface area contributed by atoms with Crippen LogP contribution in [-0.4, -0.2) is 36.8 Å². The Bertz CT molecular complexity index is 455. The van der Waals surface area contributed by atoms with Gasteiger partial charge in [-0.05, 0) is 25.5 Å². The molecule has 5 nitrogen and oxygen atoms in total. The number of carbonyl (C=O) groups is 1. The van der Waals surface area contributed by atoms with E-state index in [1.54, 1.807) is 26.0 Å². The van der Waals surface area contributed by atoms with E-state index in [9.17, 15) is 13.6 Å². The third-order valence-electron chi connectivity index (χ3n) is 2.46. The molecule has 1 atom stereocenters. The van der Waals surface area contributed by atoms with Crippen LogP contribution in [0, 0.1) is 6.92 Å². The Morgan fingerprint density at radius 2 is 2.15 bits per heavy atom. The number of benzene rings is 1. The summed E-state index contributed by atoms with van der Waals surface area (Å²) in [5.41, 5.74) is 1.11. The van der Waals surface area contributed by atoms with Crippen molar-refractivity contribution in [2.45, 2.75) is 26.3 Å². The number of carbonyl (C=O) groups excluding carboxylic acids is 1. The minimum absolute atomic E-state index is 0.177. The van der Waals surface area contributed by atoms with Gasteiger partial charge in [0.25, 0.3) is 6.43 Å². The Balaban J connectivity index is 2.67. The topological polar surface area (TPSA) is 70.6 Å². The summed E-state index contributed by atoms with van der Waals surface area (Å²) in [4.78, 5) is 11.5. The van der Waals surface area contributed by atoms with Gasteiger partial charge in [0.1, 0.15) is 12.4 Å². The Morgan fingerprint density at radius 3 is 2.75 bits per heavy atom. The Morgan fingerprint density at radius 1 is 1.45 bits per heavy atom. The highest BCUT2D eigenvalue weighted by Gasteiger charge is 2.09. The number of urea groups is 1. The van der Waals surface area contributed by atoms with Crippen molar-refractivity contribution >= 4 is 11.7 Å². The molecule has 1 rings (SSSR count). The number of anilines is 1. The number of halogens is 2. The zero-order valence-corrected chi connectivity index (χ0v) is 11.3. The van der Waals surface area contributed by atoms with E-state index in [-0.39, 0.29) is 12.6 Å². The van der Waals surface area contributed by atoms with Crippen molar-refractivity contribution in [3.05, 3.63) is 23.8 Å². The number of nitrogens with one attached hydrogen (secondary N) is 2. The molecule has 1 unspecified atom stereocenters. The number of hydrogen-bond acceptors (Lipinski definition) is 3. The van der Waals surface area contributed by atoms with Crippen molar-refractivity contribution in [1.82, 2.24) is 5.32 Å². The number of aryl methyl sites for hydroxylation is 1. The van der Waals surface area contributed by atoms with Gasteiger partial charge in [0, 0.05) is 11.8 Å². The van der Waals surface area contributed by atoms with E-state index in [0.717, 1.165) is 0 Å². The average molecular weight is 288 g/mol. The molecule has 0 heterocycles. The van der Waals surface area contributed by atoms with E-state index in [2.05, 4.69) is 10.6 Å². The van der Waals surface area contributed by atoms with Crippen molar-refractivity contribution < 1.29 is 23.4 Å². The number of aliphatic hydroxyl groups is 1. The minimum Gasteiger partial charge on any atom is -0.487 e. The summed E-state index contributed by atoms with van der Waals surface area (Å²) in [5.74, 6) is 0.290. The Labute approximate surface area is 115 Å². The van der Waals surface area contributed by atoms with Gasteiger partial charge in [-0.15, -0.1) is 0 Å².